The Morgan fingerprint density at radius 2 is 1.82 bits per heavy atom. The second kappa shape index (κ2) is 4.13. The van der Waals surface area contributed by atoms with Crippen LogP contribution < -0.4 is 5.30 Å². The van der Waals surface area contributed by atoms with Crippen molar-refractivity contribution >= 4 is 25.9 Å². The number of thiol groups is 1. The standard InChI is InChI=1S/C9H13PS/c1-8(11)10(2)9-6-4-3-5-7-9/h3-8,11H,1-2H3/t8-,10?/m1/s1. The molecule has 0 saturated heterocycles. The molecule has 0 fully saturated rings. The van der Waals surface area contributed by atoms with E-state index >= 15 is 0 Å². The van der Waals surface area contributed by atoms with E-state index in [4.69, 9.17) is 0 Å². The van der Waals surface area contributed by atoms with Gasteiger partial charge in [-0.25, -0.2) is 0 Å². The van der Waals surface area contributed by atoms with Crippen LogP contribution in [0.15, 0.2) is 30.3 Å². The van der Waals surface area contributed by atoms with E-state index in [1.54, 1.807) is 0 Å². The van der Waals surface area contributed by atoms with Crippen LogP contribution in [0.4, 0.5) is 0 Å². The van der Waals surface area contributed by atoms with E-state index in [0.29, 0.717) is 4.99 Å². The molecule has 0 aliphatic heterocycles. The first kappa shape index (κ1) is 9.09. The molecule has 0 N–H and O–H groups in total. The van der Waals surface area contributed by atoms with Gasteiger partial charge in [-0.2, -0.15) is 12.6 Å². The van der Waals surface area contributed by atoms with Crippen LogP contribution in [-0.4, -0.2) is 11.7 Å². The van der Waals surface area contributed by atoms with Gasteiger partial charge in [0.15, 0.2) is 0 Å². The molecule has 1 rings (SSSR count). The Balaban J connectivity index is 2.77. The largest absolute Gasteiger partial charge is 0.171 e. The van der Waals surface area contributed by atoms with Gasteiger partial charge >= 0.3 is 0 Å². The van der Waals surface area contributed by atoms with E-state index in [-0.39, 0.29) is 7.92 Å². The zero-order chi connectivity index (χ0) is 8.27. The van der Waals surface area contributed by atoms with Gasteiger partial charge in [-0.1, -0.05) is 38.3 Å². The van der Waals surface area contributed by atoms with Gasteiger partial charge in [-0.3, -0.25) is 0 Å². The lowest BCUT2D eigenvalue weighted by atomic mass is 10.4. The van der Waals surface area contributed by atoms with E-state index in [2.05, 4.69) is 56.5 Å². The van der Waals surface area contributed by atoms with E-state index in [0.717, 1.165) is 0 Å². The van der Waals surface area contributed by atoms with Crippen LogP contribution in [0, 0.1) is 0 Å². The zero-order valence-corrected chi connectivity index (χ0v) is 8.65. The van der Waals surface area contributed by atoms with Gasteiger partial charge < -0.3 is 0 Å². The number of rotatable bonds is 2. The third-order valence-electron chi connectivity index (χ3n) is 1.72. The lowest BCUT2D eigenvalue weighted by Gasteiger charge is -2.15. The van der Waals surface area contributed by atoms with Crippen molar-refractivity contribution in [3.05, 3.63) is 30.3 Å². The number of benzene rings is 1. The van der Waals surface area contributed by atoms with Crippen LogP contribution in [-0.2, 0) is 0 Å². The van der Waals surface area contributed by atoms with Crippen molar-refractivity contribution in [2.24, 2.45) is 0 Å². The molecule has 1 unspecified atom stereocenters. The Morgan fingerprint density at radius 3 is 2.27 bits per heavy atom. The first-order valence-corrected chi connectivity index (χ1v) is 6.05. The molecule has 0 heterocycles. The Hall–Kier alpha value is 0. The van der Waals surface area contributed by atoms with Crippen LogP contribution in [0.3, 0.4) is 0 Å². The van der Waals surface area contributed by atoms with Crippen LogP contribution >= 0.6 is 20.6 Å². The average Bonchev–Trinajstić information content (AvgIpc) is 2.05. The fourth-order valence-electron chi connectivity index (χ4n) is 0.879. The summed E-state index contributed by atoms with van der Waals surface area (Å²) in [6, 6.07) is 10.6. The minimum absolute atomic E-state index is 0.0705. The molecule has 2 heteroatoms. The Morgan fingerprint density at radius 1 is 1.27 bits per heavy atom. The average molecular weight is 184 g/mol. The molecular formula is C9H13PS. The Bertz CT molecular complexity index is 208. The molecule has 0 saturated carbocycles. The molecule has 1 aromatic carbocycles. The van der Waals surface area contributed by atoms with Crippen LogP contribution in [0.1, 0.15) is 6.92 Å². The third-order valence-corrected chi connectivity index (χ3v) is 5.00. The highest BCUT2D eigenvalue weighted by atomic mass is 32.1. The molecule has 60 valence electrons. The van der Waals surface area contributed by atoms with Crippen molar-refractivity contribution < 1.29 is 0 Å². The topological polar surface area (TPSA) is 0 Å². The molecular weight excluding hydrogens is 171 g/mol. The minimum Gasteiger partial charge on any atom is -0.171 e. The van der Waals surface area contributed by atoms with Crippen LogP contribution in [0.25, 0.3) is 0 Å². The van der Waals surface area contributed by atoms with Gasteiger partial charge in [0.05, 0.1) is 0 Å². The number of hydrogen-bond donors (Lipinski definition) is 1. The SMILES string of the molecule is C[C@@H](S)P(C)c1ccccc1. The third kappa shape index (κ3) is 2.50. The smallest absolute Gasteiger partial charge is 0.0228 e. The highest BCUT2D eigenvalue weighted by molar-refractivity contribution is 7.92. The van der Waals surface area contributed by atoms with Crippen LogP contribution in [0.5, 0.6) is 0 Å². The summed E-state index contributed by atoms with van der Waals surface area (Å²) in [5.41, 5.74) is 0. The second-order valence-electron chi connectivity index (χ2n) is 2.58. The highest BCUT2D eigenvalue weighted by Gasteiger charge is 2.07. The maximum Gasteiger partial charge on any atom is 0.0228 e. The highest BCUT2D eigenvalue weighted by Crippen LogP contribution is 2.37. The molecule has 2 atom stereocenters. The van der Waals surface area contributed by atoms with Crippen molar-refractivity contribution in [1.82, 2.24) is 0 Å². The van der Waals surface area contributed by atoms with E-state index in [9.17, 15) is 0 Å². The second-order valence-corrected chi connectivity index (χ2v) is 6.27. The quantitative estimate of drug-likeness (QED) is 0.530. The normalized spacial score (nSPS) is 15.9. The fraction of sp³-hybridized carbons (Fsp3) is 0.333. The van der Waals surface area contributed by atoms with Gasteiger partial charge in [0.1, 0.15) is 0 Å². The summed E-state index contributed by atoms with van der Waals surface area (Å²) >= 11 is 4.43. The summed E-state index contributed by atoms with van der Waals surface area (Å²) in [5, 5.41) is 1.44. The molecule has 0 radical (unpaired) electrons. The first-order valence-electron chi connectivity index (χ1n) is 3.68. The van der Waals surface area contributed by atoms with Gasteiger partial charge in [0.25, 0.3) is 0 Å². The lowest BCUT2D eigenvalue weighted by molar-refractivity contribution is 1.41. The van der Waals surface area contributed by atoms with Gasteiger partial charge in [0.2, 0.25) is 0 Å². The molecule has 0 amide bonds. The molecule has 0 aromatic heterocycles. The molecule has 11 heavy (non-hydrogen) atoms. The zero-order valence-electron chi connectivity index (χ0n) is 6.86. The fourth-order valence-corrected chi connectivity index (χ4v) is 2.35. The molecule has 0 spiro atoms. The van der Waals surface area contributed by atoms with Gasteiger partial charge in [0, 0.05) is 4.99 Å². The van der Waals surface area contributed by atoms with Crippen molar-refractivity contribution in [1.29, 1.82) is 0 Å². The van der Waals surface area contributed by atoms with E-state index in [1.807, 2.05) is 0 Å². The summed E-state index contributed by atoms with van der Waals surface area (Å²) in [4.78, 5) is 0.493. The summed E-state index contributed by atoms with van der Waals surface area (Å²) in [6.45, 7) is 4.42. The van der Waals surface area contributed by atoms with Crippen molar-refractivity contribution in [3.63, 3.8) is 0 Å². The van der Waals surface area contributed by atoms with Crippen molar-refractivity contribution in [2.75, 3.05) is 6.66 Å². The van der Waals surface area contributed by atoms with E-state index in [1.165, 1.54) is 5.30 Å². The van der Waals surface area contributed by atoms with Crippen LogP contribution in [0.2, 0.25) is 0 Å². The van der Waals surface area contributed by atoms with E-state index < -0.39 is 0 Å². The summed E-state index contributed by atoms with van der Waals surface area (Å²) in [7, 11) is -0.0705. The molecule has 0 aliphatic carbocycles. The predicted octanol–water partition coefficient (Wildman–Crippen LogP) is 2.70. The minimum atomic E-state index is -0.0705. The molecule has 1 aromatic rings. The van der Waals surface area contributed by atoms with Gasteiger partial charge in [-0.15, -0.1) is 0 Å². The monoisotopic (exact) mass is 184 g/mol. The predicted molar refractivity (Wildman–Crippen MR) is 57.4 cm³/mol. The molecule has 0 nitrogen and oxygen atoms in total. The molecule has 0 aliphatic rings. The molecule has 0 bridgehead atoms. The Labute approximate surface area is 75.2 Å². The van der Waals surface area contributed by atoms with Gasteiger partial charge in [-0.05, 0) is 18.9 Å². The summed E-state index contributed by atoms with van der Waals surface area (Å²) < 4.78 is 0. The maximum atomic E-state index is 4.43. The maximum absolute atomic E-state index is 4.43. The van der Waals surface area contributed by atoms with Crippen molar-refractivity contribution in [2.45, 2.75) is 11.9 Å². The Kier molecular flexibility index (Phi) is 3.42. The number of hydrogen-bond acceptors (Lipinski definition) is 1. The first-order chi connectivity index (χ1) is 5.22. The van der Waals surface area contributed by atoms with Crippen molar-refractivity contribution in [3.8, 4) is 0 Å². The lowest BCUT2D eigenvalue weighted by Crippen LogP contribution is -2.03. The summed E-state index contributed by atoms with van der Waals surface area (Å²) in [5.74, 6) is 0. The summed E-state index contributed by atoms with van der Waals surface area (Å²) in [6.07, 6.45) is 0.